The number of amides is 1. The van der Waals surface area contributed by atoms with Crippen LogP contribution in [0.15, 0.2) is 40.9 Å². The summed E-state index contributed by atoms with van der Waals surface area (Å²) in [5, 5.41) is 2.71. The first-order chi connectivity index (χ1) is 9.19. The summed E-state index contributed by atoms with van der Waals surface area (Å²) in [6.07, 6.45) is 6.45. The number of carbonyl (C=O) groups is 1. The van der Waals surface area contributed by atoms with Gasteiger partial charge in [0.2, 0.25) is 5.91 Å². The molecule has 6 heteroatoms. The van der Waals surface area contributed by atoms with E-state index >= 15 is 0 Å². The Balaban J connectivity index is 2.05. The number of aromatic nitrogens is 2. The van der Waals surface area contributed by atoms with Gasteiger partial charge in [0, 0.05) is 36.0 Å². The maximum atomic E-state index is 11.7. The van der Waals surface area contributed by atoms with Crippen molar-refractivity contribution < 1.29 is 4.79 Å². The lowest BCUT2D eigenvalue weighted by molar-refractivity contribution is -0.111. The molecular weight excluding hydrogens is 262 g/mol. The summed E-state index contributed by atoms with van der Waals surface area (Å²) >= 11 is 1.46. The summed E-state index contributed by atoms with van der Waals surface area (Å²) in [7, 11) is 0. The van der Waals surface area contributed by atoms with Crippen LogP contribution in [-0.4, -0.2) is 15.5 Å². The Labute approximate surface area is 114 Å². The number of hydrogen-bond acceptors (Lipinski definition) is 4. The van der Waals surface area contributed by atoms with Gasteiger partial charge in [0.1, 0.15) is 0 Å². The SMILES string of the molecule is CCn1cc(NC(=O)C=Cc2cncs2)ccc1=O. The molecule has 2 aromatic rings. The van der Waals surface area contributed by atoms with Gasteiger partial charge in [-0.15, -0.1) is 11.3 Å². The molecule has 0 unspecified atom stereocenters. The minimum atomic E-state index is -0.241. The van der Waals surface area contributed by atoms with Gasteiger partial charge in [0.05, 0.1) is 11.2 Å². The number of pyridine rings is 1. The molecular formula is C13H13N3O2S. The standard InChI is InChI=1S/C13H13N3O2S/c1-2-16-8-10(3-6-13(16)18)15-12(17)5-4-11-7-14-9-19-11/h3-9H,2H2,1H3,(H,15,17). The predicted molar refractivity (Wildman–Crippen MR) is 76.2 cm³/mol. The zero-order chi connectivity index (χ0) is 13.7. The minimum absolute atomic E-state index is 0.0827. The van der Waals surface area contributed by atoms with Crippen molar-refractivity contribution in [2.75, 3.05) is 5.32 Å². The third-order valence-electron chi connectivity index (χ3n) is 2.44. The van der Waals surface area contributed by atoms with Crippen LogP contribution in [0.5, 0.6) is 0 Å². The van der Waals surface area contributed by atoms with Crippen LogP contribution >= 0.6 is 11.3 Å². The highest BCUT2D eigenvalue weighted by Gasteiger charge is 2.00. The zero-order valence-corrected chi connectivity index (χ0v) is 11.2. The number of hydrogen-bond donors (Lipinski definition) is 1. The number of anilines is 1. The first-order valence-electron chi connectivity index (χ1n) is 5.77. The van der Waals surface area contributed by atoms with Gasteiger partial charge < -0.3 is 9.88 Å². The maximum Gasteiger partial charge on any atom is 0.250 e. The molecule has 0 saturated heterocycles. The van der Waals surface area contributed by atoms with E-state index < -0.39 is 0 Å². The van der Waals surface area contributed by atoms with Gasteiger partial charge in [-0.2, -0.15) is 0 Å². The average molecular weight is 275 g/mol. The summed E-state index contributed by atoms with van der Waals surface area (Å²) in [5.41, 5.74) is 2.22. The normalized spacial score (nSPS) is 10.8. The third-order valence-corrected chi connectivity index (χ3v) is 3.18. The molecule has 2 heterocycles. The molecule has 98 valence electrons. The summed E-state index contributed by atoms with van der Waals surface area (Å²) in [6, 6.07) is 3.03. The van der Waals surface area contributed by atoms with E-state index in [1.807, 2.05) is 6.92 Å². The maximum absolute atomic E-state index is 11.7. The van der Waals surface area contributed by atoms with Crippen molar-refractivity contribution >= 4 is 29.0 Å². The Morgan fingerprint density at radius 3 is 3.05 bits per heavy atom. The average Bonchev–Trinajstić information content (AvgIpc) is 2.92. The van der Waals surface area contributed by atoms with Crippen LogP contribution in [0.3, 0.4) is 0 Å². The second kappa shape index (κ2) is 6.10. The lowest BCUT2D eigenvalue weighted by atomic mass is 10.3. The smallest absolute Gasteiger partial charge is 0.250 e. The van der Waals surface area contributed by atoms with Crippen LogP contribution in [0.4, 0.5) is 5.69 Å². The van der Waals surface area contributed by atoms with E-state index in [0.29, 0.717) is 12.2 Å². The number of thiazole rings is 1. The van der Waals surface area contributed by atoms with E-state index in [1.54, 1.807) is 30.0 Å². The molecule has 2 rings (SSSR count). The van der Waals surface area contributed by atoms with Gasteiger partial charge in [0.25, 0.3) is 5.56 Å². The van der Waals surface area contributed by atoms with Crippen molar-refractivity contribution in [1.82, 2.24) is 9.55 Å². The molecule has 2 aromatic heterocycles. The van der Waals surface area contributed by atoms with E-state index in [-0.39, 0.29) is 11.5 Å². The molecule has 0 bridgehead atoms. The summed E-state index contributed by atoms with van der Waals surface area (Å²) in [4.78, 5) is 27.9. The topological polar surface area (TPSA) is 64.0 Å². The van der Waals surface area contributed by atoms with E-state index in [0.717, 1.165) is 4.88 Å². The first-order valence-corrected chi connectivity index (χ1v) is 6.65. The van der Waals surface area contributed by atoms with E-state index in [9.17, 15) is 9.59 Å². The zero-order valence-electron chi connectivity index (χ0n) is 10.4. The van der Waals surface area contributed by atoms with Crippen LogP contribution in [0.1, 0.15) is 11.8 Å². The number of nitrogens with zero attached hydrogens (tertiary/aromatic N) is 2. The number of aryl methyl sites for hydroxylation is 1. The van der Waals surface area contributed by atoms with Gasteiger partial charge in [-0.1, -0.05) is 0 Å². The molecule has 5 nitrogen and oxygen atoms in total. The van der Waals surface area contributed by atoms with Crippen LogP contribution in [0.25, 0.3) is 6.08 Å². The highest BCUT2D eigenvalue weighted by Crippen LogP contribution is 2.08. The van der Waals surface area contributed by atoms with E-state index in [4.69, 9.17) is 0 Å². The van der Waals surface area contributed by atoms with Crippen molar-refractivity contribution in [1.29, 1.82) is 0 Å². The van der Waals surface area contributed by atoms with Gasteiger partial charge in [-0.05, 0) is 19.1 Å². The lowest BCUT2D eigenvalue weighted by Crippen LogP contribution is -2.19. The fraction of sp³-hybridized carbons (Fsp3) is 0.154. The molecule has 1 amide bonds. The molecule has 0 saturated carbocycles. The van der Waals surface area contributed by atoms with Crippen molar-refractivity contribution in [3.05, 3.63) is 51.3 Å². The second-order valence-electron chi connectivity index (χ2n) is 3.77. The Hall–Kier alpha value is -2.21. The fourth-order valence-electron chi connectivity index (χ4n) is 1.50. The number of rotatable bonds is 4. The van der Waals surface area contributed by atoms with E-state index in [2.05, 4.69) is 10.3 Å². The Morgan fingerprint density at radius 1 is 1.53 bits per heavy atom. The van der Waals surface area contributed by atoms with Gasteiger partial charge >= 0.3 is 0 Å². The van der Waals surface area contributed by atoms with Gasteiger partial charge in [-0.3, -0.25) is 14.6 Å². The predicted octanol–water partition coefficient (Wildman–Crippen LogP) is 1.98. The largest absolute Gasteiger partial charge is 0.321 e. The van der Waals surface area contributed by atoms with E-state index in [1.165, 1.54) is 28.0 Å². The molecule has 0 aliphatic rings. The molecule has 0 aromatic carbocycles. The van der Waals surface area contributed by atoms with Crippen molar-refractivity contribution in [3.8, 4) is 0 Å². The summed E-state index contributed by atoms with van der Waals surface area (Å²) in [5.74, 6) is -0.241. The summed E-state index contributed by atoms with van der Waals surface area (Å²) < 4.78 is 1.53. The molecule has 0 radical (unpaired) electrons. The van der Waals surface area contributed by atoms with Gasteiger partial charge in [-0.25, -0.2) is 0 Å². The number of carbonyl (C=O) groups excluding carboxylic acids is 1. The van der Waals surface area contributed by atoms with Crippen molar-refractivity contribution in [2.24, 2.45) is 0 Å². The minimum Gasteiger partial charge on any atom is -0.321 e. The second-order valence-corrected chi connectivity index (χ2v) is 4.69. The molecule has 0 spiro atoms. The lowest BCUT2D eigenvalue weighted by Gasteiger charge is -2.05. The molecule has 0 atom stereocenters. The number of nitrogens with one attached hydrogen (secondary N) is 1. The Morgan fingerprint density at radius 2 is 2.37 bits per heavy atom. The molecule has 1 N–H and O–H groups in total. The van der Waals surface area contributed by atoms with Crippen LogP contribution in [0, 0.1) is 0 Å². The Kier molecular flexibility index (Phi) is 4.25. The highest BCUT2D eigenvalue weighted by atomic mass is 32.1. The molecule has 19 heavy (non-hydrogen) atoms. The molecule has 0 aliphatic heterocycles. The quantitative estimate of drug-likeness (QED) is 0.868. The van der Waals surface area contributed by atoms with Crippen molar-refractivity contribution in [3.63, 3.8) is 0 Å². The molecule has 0 fully saturated rings. The fourth-order valence-corrected chi connectivity index (χ4v) is 2.01. The molecule has 0 aliphatic carbocycles. The third kappa shape index (κ3) is 3.62. The van der Waals surface area contributed by atoms with Gasteiger partial charge in [0.15, 0.2) is 0 Å². The van der Waals surface area contributed by atoms with Crippen molar-refractivity contribution in [2.45, 2.75) is 13.5 Å². The Bertz CT molecular complexity index is 644. The summed E-state index contributed by atoms with van der Waals surface area (Å²) in [6.45, 7) is 2.44. The monoisotopic (exact) mass is 275 g/mol. The first kappa shape index (κ1) is 13.2. The van der Waals surface area contributed by atoms with Crippen LogP contribution in [0.2, 0.25) is 0 Å². The van der Waals surface area contributed by atoms with Crippen LogP contribution < -0.4 is 10.9 Å². The van der Waals surface area contributed by atoms with Crippen LogP contribution in [-0.2, 0) is 11.3 Å². The highest BCUT2D eigenvalue weighted by molar-refractivity contribution is 7.10.